The molecule has 0 fully saturated rings. The number of nitrogens with one attached hydrogen (secondary N) is 1. The minimum atomic E-state index is -4.73. The summed E-state index contributed by atoms with van der Waals surface area (Å²) in [6.07, 6.45) is -0.657. The summed E-state index contributed by atoms with van der Waals surface area (Å²) < 4.78 is 40.9. The van der Waals surface area contributed by atoms with Crippen LogP contribution in [-0.2, 0) is 7.05 Å². The number of hydrogen-bond donors (Lipinski definition) is 2. The fraction of sp³-hybridized carbons (Fsp3) is 0.0909. The third kappa shape index (κ3) is 3.89. The molecule has 156 valence electrons. The zero-order valence-corrected chi connectivity index (χ0v) is 16.4. The average molecular weight is 422 g/mol. The first kappa shape index (κ1) is 20.3. The molecule has 2 aromatic carbocycles. The number of pyridine rings is 1. The lowest BCUT2D eigenvalue weighted by molar-refractivity contribution is -0.0918. The summed E-state index contributed by atoms with van der Waals surface area (Å²) in [5, 5.41) is 16.1. The number of alkyl halides is 3. The van der Waals surface area contributed by atoms with Gasteiger partial charge in [-0.3, -0.25) is 9.67 Å². The Balaban J connectivity index is 1.82. The molecule has 0 atom stereocenters. The molecule has 0 aliphatic heterocycles. The zero-order valence-electron chi connectivity index (χ0n) is 16.4. The third-order valence-corrected chi connectivity index (χ3v) is 4.89. The Bertz CT molecular complexity index is 1300. The van der Waals surface area contributed by atoms with Gasteiger partial charge in [-0.05, 0) is 34.9 Å². The first-order valence-corrected chi connectivity index (χ1v) is 9.21. The highest BCUT2D eigenvalue weighted by atomic mass is 19.4. The quantitative estimate of drug-likeness (QED) is 0.471. The zero-order chi connectivity index (χ0) is 22.2. The van der Waals surface area contributed by atoms with Crippen molar-refractivity contribution in [3.05, 3.63) is 72.2 Å². The predicted molar refractivity (Wildman–Crippen MR) is 113 cm³/mol. The van der Waals surface area contributed by atoms with Crippen LogP contribution in [0.5, 0.6) is 0 Å². The fourth-order valence-corrected chi connectivity index (χ4v) is 3.33. The number of benzene rings is 2. The summed E-state index contributed by atoms with van der Waals surface area (Å²) in [4.78, 5) is 4.31. The second kappa shape index (κ2) is 7.67. The van der Waals surface area contributed by atoms with Gasteiger partial charge >= 0.3 is 6.18 Å². The predicted octanol–water partition coefficient (Wildman–Crippen LogP) is 4.58. The Labute approximate surface area is 175 Å². The molecule has 0 aliphatic carbocycles. The summed E-state index contributed by atoms with van der Waals surface area (Å²) in [6, 6.07) is 14.1. The summed E-state index contributed by atoms with van der Waals surface area (Å²) in [5.74, 6) is 0. The SMILES string of the molecule is Cn1cc(-c2ccc(-c3ccnc4ccc(C(C=N)=C(N)C(F)(F)F)cc34)cc2)nn1. The van der Waals surface area contributed by atoms with E-state index >= 15 is 0 Å². The smallest absolute Gasteiger partial charge is 0.394 e. The second-order valence-corrected chi connectivity index (χ2v) is 6.91. The van der Waals surface area contributed by atoms with Gasteiger partial charge in [-0.1, -0.05) is 35.5 Å². The van der Waals surface area contributed by atoms with Crippen molar-refractivity contribution < 1.29 is 13.2 Å². The monoisotopic (exact) mass is 422 g/mol. The molecule has 2 heterocycles. The second-order valence-electron chi connectivity index (χ2n) is 6.91. The van der Waals surface area contributed by atoms with Gasteiger partial charge in [0.1, 0.15) is 11.4 Å². The Morgan fingerprint density at radius 2 is 1.77 bits per heavy atom. The van der Waals surface area contributed by atoms with Crippen LogP contribution in [0.4, 0.5) is 13.2 Å². The number of fused-ring (bicyclic) bond motifs is 1. The maximum Gasteiger partial charge on any atom is 0.431 e. The van der Waals surface area contributed by atoms with E-state index in [0.29, 0.717) is 17.1 Å². The van der Waals surface area contributed by atoms with Gasteiger partial charge in [0.2, 0.25) is 0 Å². The van der Waals surface area contributed by atoms with Gasteiger partial charge in [0.25, 0.3) is 0 Å². The van der Waals surface area contributed by atoms with Gasteiger partial charge in [0, 0.05) is 36.0 Å². The van der Waals surface area contributed by atoms with Crippen LogP contribution >= 0.6 is 0 Å². The molecule has 0 saturated heterocycles. The first-order valence-electron chi connectivity index (χ1n) is 9.21. The van der Waals surface area contributed by atoms with Gasteiger partial charge in [0.15, 0.2) is 0 Å². The van der Waals surface area contributed by atoms with Crippen molar-refractivity contribution >= 4 is 22.7 Å². The molecular weight excluding hydrogens is 405 g/mol. The summed E-state index contributed by atoms with van der Waals surface area (Å²) in [5.41, 5.74) is 7.69. The van der Waals surface area contributed by atoms with E-state index in [9.17, 15) is 13.2 Å². The number of hydrogen-bond acceptors (Lipinski definition) is 5. The molecule has 4 rings (SSSR count). The minimum absolute atomic E-state index is 0.197. The molecule has 0 spiro atoms. The van der Waals surface area contributed by atoms with Crippen molar-refractivity contribution in [3.8, 4) is 22.4 Å². The lowest BCUT2D eigenvalue weighted by Crippen LogP contribution is -2.21. The number of nitrogens with two attached hydrogens (primary N) is 1. The molecule has 0 radical (unpaired) electrons. The van der Waals surface area contributed by atoms with Crippen LogP contribution in [0.2, 0.25) is 0 Å². The van der Waals surface area contributed by atoms with E-state index in [1.54, 1.807) is 42.3 Å². The van der Waals surface area contributed by atoms with Gasteiger partial charge in [-0.25, -0.2) is 0 Å². The van der Waals surface area contributed by atoms with Gasteiger partial charge in [-0.2, -0.15) is 13.2 Å². The van der Waals surface area contributed by atoms with Crippen LogP contribution in [0, 0.1) is 5.41 Å². The first-order chi connectivity index (χ1) is 14.8. The number of halogens is 3. The molecule has 3 N–H and O–H groups in total. The van der Waals surface area contributed by atoms with Crippen LogP contribution in [0.1, 0.15) is 5.56 Å². The topological polar surface area (TPSA) is 93.5 Å². The Hall–Kier alpha value is -4.01. The summed E-state index contributed by atoms with van der Waals surface area (Å²) in [6.45, 7) is 0. The van der Waals surface area contributed by atoms with Gasteiger partial charge < -0.3 is 11.1 Å². The number of allylic oxidation sites excluding steroid dienone is 2. The van der Waals surface area contributed by atoms with Crippen LogP contribution in [0.3, 0.4) is 0 Å². The van der Waals surface area contributed by atoms with E-state index in [1.807, 2.05) is 24.3 Å². The van der Waals surface area contributed by atoms with Crippen LogP contribution < -0.4 is 5.73 Å². The lowest BCUT2D eigenvalue weighted by atomic mass is 9.96. The highest BCUT2D eigenvalue weighted by molar-refractivity contribution is 6.11. The molecule has 0 amide bonds. The van der Waals surface area contributed by atoms with E-state index in [2.05, 4.69) is 15.3 Å². The van der Waals surface area contributed by atoms with E-state index in [-0.39, 0.29) is 11.1 Å². The van der Waals surface area contributed by atoms with Gasteiger partial charge in [-0.15, -0.1) is 5.10 Å². The highest BCUT2D eigenvalue weighted by Gasteiger charge is 2.34. The van der Waals surface area contributed by atoms with E-state index in [4.69, 9.17) is 11.1 Å². The number of aromatic nitrogens is 4. The molecular formula is C22H17F3N6. The van der Waals surface area contributed by atoms with Crippen molar-refractivity contribution in [2.45, 2.75) is 6.18 Å². The van der Waals surface area contributed by atoms with Crippen molar-refractivity contribution in [1.29, 1.82) is 5.41 Å². The Kier molecular flexibility index (Phi) is 5.02. The van der Waals surface area contributed by atoms with Crippen LogP contribution in [0.25, 0.3) is 38.9 Å². The standard InChI is InChI=1S/C22H17F3N6/c1-31-12-20(29-30-31)14-4-2-13(3-5-14)16-8-9-28-19-7-6-15(10-17(16)19)18(11-26)21(27)22(23,24)25/h2-12,26H,27H2,1H3. The van der Waals surface area contributed by atoms with E-state index < -0.39 is 11.9 Å². The number of aryl methyl sites for hydroxylation is 1. The molecule has 0 aliphatic rings. The Morgan fingerprint density at radius 3 is 2.39 bits per heavy atom. The van der Waals surface area contributed by atoms with Gasteiger partial charge in [0.05, 0.1) is 11.7 Å². The molecule has 2 aromatic heterocycles. The molecule has 0 bridgehead atoms. The van der Waals surface area contributed by atoms with E-state index in [1.165, 1.54) is 6.07 Å². The fourth-order valence-electron chi connectivity index (χ4n) is 3.33. The van der Waals surface area contributed by atoms with Crippen molar-refractivity contribution in [1.82, 2.24) is 20.0 Å². The van der Waals surface area contributed by atoms with E-state index in [0.717, 1.165) is 22.4 Å². The molecule has 6 nitrogen and oxygen atoms in total. The minimum Gasteiger partial charge on any atom is -0.394 e. The lowest BCUT2D eigenvalue weighted by Gasteiger charge is -2.13. The Morgan fingerprint density at radius 1 is 1.06 bits per heavy atom. The van der Waals surface area contributed by atoms with Crippen molar-refractivity contribution in [2.24, 2.45) is 12.8 Å². The highest BCUT2D eigenvalue weighted by Crippen LogP contribution is 2.33. The van der Waals surface area contributed by atoms with Crippen molar-refractivity contribution in [3.63, 3.8) is 0 Å². The van der Waals surface area contributed by atoms with Crippen molar-refractivity contribution in [2.75, 3.05) is 0 Å². The summed E-state index contributed by atoms with van der Waals surface area (Å²) in [7, 11) is 1.79. The summed E-state index contributed by atoms with van der Waals surface area (Å²) >= 11 is 0. The largest absolute Gasteiger partial charge is 0.431 e. The average Bonchev–Trinajstić information content (AvgIpc) is 3.19. The third-order valence-electron chi connectivity index (χ3n) is 4.89. The maximum absolute atomic E-state index is 13.1. The molecule has 4 aromatic rings. The number of nitrogens with zero attached hydrogens (tertiary/aromatic N) is 4. The molecule has 9 heteroatoms. The molecule has 0 saturated carbocycles. The normalized spacial score (nSPS) is 12.6. The van der Waals surface area contributed by atoms with Crippen LogP contribution in [0.15, 0.2) is 66.6 Å². The van der Waals surface area contributed by atoms with Crippen LogP contribution in [-0.4, -0.2) is 32.4 Å². The maximum atomic E-state index is 13.1. The number of rotatable bonds is 4. The molecule has 31 heavy (non-hydrogen) atoms. The molecule has 0 unspecified atom stereocenters.